The molecule has 1 amide bonds. The molecule has 1 aliphatic carbocycles. The number of hydrogen-bond donors (Lipinski definition) is 1. The lowest BCUT2D eigenvalue weighted by Gasteiger charge is -2.41. The highest BCUT2D eigenvalue weighted by atomic mass is 16.5. The molecule has 2 aliphatic rings. The fraction of sp³-hybridized carbons (Fsp3) is 0.800. The number of rotatable bonds is 4. The van der Waals surface area contributed by atoms with Crippen LogP contribution in [0.2, 0.25) is 0 Å². The normalized spacial score (nSPS) is 25.3. The zero-order valence-electron chi connectivity index (χ0n) is 12.2. The summed E-state index contributed by atoms with van der Waals surface area (Å²) in [5.41, 5.74) is 0.00391. The van der Waals surface area contributed by atoms with Gasteiger partial charge in [0.05, 0.1) is 13.2 Å². The number of carbonyl (C=O) groups is 1. The van der Waals surface area contributed by atoms with Crippen molar-refractivity contribution in [2.24, 2.45) is 5.92 Å². The van der Waals surface area contributed by atoms with Gasteiger partial charge in [0.25, 0.3) is 0 Å². The number of allylic oxidation sites excluding steroid dienone is 2. The molecule has 0 spiro atoms. The minimum Gasteiger partial charge on any atom is -0.379 e. The Morgan fingerprint density at radius 3 is 2.74 bits per heavy atom. The lowest BCUT2D eigenvalue weighted by molar-refractivity contribution is -0.126. The number of nitrogens with one attached hydrogen (secondary N) is 1. The lowest BCUT2D eigenvalue weighted by Crippen LogP contribution is -2.55. The Morgan fingerprint density at radius 2 is 2.11 bits per heavy atom. The molecule has 1 saturated heterocycles. The highest BCUT2D eigenvalue weighted by Gasteiger charge is 2.29. The third kappa shape index (κ3) is 4.05. The Labute approximate surface area is 116 Å². The average Bonchev–Trinajstić information content (AvgIpc) is 2.47. The zero-order chi connectivity index (χ0) is 13.7. The molecule has 0 aromatic heterocycles. The molecular formula is C15H26N2O2. The Balaban J connectivity index is 1.79. The Hall–Kier alpha value is -0.870. The van der Waals surface area contributed by atoms with Gasteiger partial charge in [-0.15, -0.1) is 0 Å². The number of ether oxygens (including phenoxy) is 1. The van der Waals surface area contributed by atoms with Gasteiger partial charge in [0.1, 0.15) is 0 Å². The monoisotopic (exact) mass is 266 g/mol. The van der Waals surface area contributed by atoms with E-state index in [9.17, 15) is 4.79 Å². The van der Waals surface area contributed by atoms with Gasteiger partial charge in [-0.1, -0.05) is 12.2 Å². The summed E-state index contributed by atoms with van der Waals surface area (Å²) in [6, 6.07) is 0. The van der Waals surface area contributed by atoms with Crippen molar-refractivity contribution in [3.05, 3.63) is 12.2 Å². The van der Waals surface area contributed by atoms with Crippen LogP contribution in [0.1, 0.15) is 33.1 Å². The van der Waals surface area contributed by atoms with Crippen LogP contribution >= 0.6 is 0 Å². The maximum absolute atomic E-state index is 12.1. The SMILES string of the molecule is CC(C)(CNC(=O)[C@H]1CC=CCC1)N1CCOCC1. The highest BCUT2D eigenvalue weighted by molar-refractivity contribution is 5.79. The molecule has 0 bridgehead atoms. The number of hydrogen-bond acceptors (Lipinski definition) is 3. The predicted molar refractivity (Wildman–Crippen MR) is 76.0 cm³/mol. The van der Waals surface area contributed by atoms with Gasteiger partial charge in [0.2, 0.25) is 5.91 Å². The van der Waals surface area contributed by atoms with E-state index < -0.39 is 0 Å². The summed E-state index contributed by atoms with van der Waals surface area (Å²) in [5.74, 6) is 0.385. The Morgan fingerprint density at radius 1 is 1.37 bits per heavy atom. The topological polar surface area (TPSA) is 41.6 Å². The van der Waals surface area contributed by atoms with Crippen LogP contribution in [0.25, 0.3) is 0 Å². The summed E-state index contributed by atoms with van der Waals surface area (Å²) in [4.78, 5) is 14.5. The molecule has 1 heterocycles. The van der Waals surface area contributed by atoms with Gasteiger partial charge in [-0.25, -0.2) is 0 Å². The Bertz CT molecular complexity index is 333. The minimum absolute atomic E-state index is 0.00391. The average molecular weight is 266 g/mol. The first-order valence-corrected chi connectivity index (χ1v) is 7.35. The highest BCUT2D eigenvalue weighted by Crippen LogP contribution is 2.19. The van der Waals surface area contributed by atoms with E-state index in [1.807, 2.05) is 0 Å². The van der Waals surface area contributed by atoms with Crippen molar-refractivity contribution in [2.45, 2.75) is 38.6 Å². The second-order valence-electron chi connectivity index (χ2n) is 6.11. The summed E-state index contributed by atoms with van der Waals surface area (Å²) in [6.45, 7) is 8.60. The van der Waals surface area contributed by atoms with Crippen molar-refractivity contribution in [2.75, 3.05) is 32.8 Å². The first-order valence-electron chi connectivity index (χ1n) is 7.35. The van der Waals surface area contributed by atoms with Gasteiger partial charge < -0.3 is 10.1 Å². The van der Waals surface area contributed by atoms with Crippen LogP contribution in [0.3, 0.4) is 0 Å². The second kappa shape index (κ2) is 6.53. The summed E-state index contributed by atoms with van der Waals surface area (Å²) in [6.07, 6.45) is 7.21. The molecule has 19 heavy (non-hydrogen) atoms. The van der Waals surface area contributed by atoms with Gasteiger partial charge >= 0.3 is 0 Å². The van der Waals surface area contributed by atoms with Crippen LogP contribution in [0, 0.1) is 5.92 Å². The standard InChI is InChI=1S/C15H26N2O2/c1-15(2,17-8-10-19-11-9-17)12-16-14(18)13-6-4-3-5-7-13/h3-4,13H,5-12H2,1-2H3,(H,16,18)/t13-/m0/s1. The molecule has 2 rings (SSSR count). The van der Waals surface area contributed by atoms with Crippen molar-refractivity contribution < 1.29 is 9.53 Å². The molecule has 108 valence electrons. The summed E-state index contributed by atoms with van der Waals surface area (Å²) >= 11 is 0. The van der Waals surface area contributed by atoms with Gasteiger partial charge in [0.15, 0.2) is 0 Å². The van der Waals surface area contributed by atoms with Crippen molar-refractivity contribution in [3.63, 3.8) is 0 Å². The van der Waals surface area contributed by atoms with Gasteiger partial charge in [-0.05, 0) is 33.1 Å². The fourth-order valence-corrected chi connectivity index (χ4v) is 2.76. The molecule has 0 aromatic rings. The smallest absolute Gasteiger partial charge is 0.223 e. The molecule has 1 aliphatic heterocycles. The lowest BCUT2D eigenvalue weighted by atomic mass is 9.93. The number of amides is 1. The van der Waals surface area contributed by atoms with E-state index in [0.29, 0.717) is 6.54 Å². The van der Waals surface area contributed by atoms with Gasteiger partial charge in [-0.3, -0.25) is 9.69 Å². The number of nitrogens with zero attached hydrogens (tertiary/aromatic N) is 1. The van der Waals surface area contributed by atoms with Crippen molar-refractivity contribution in [1.82, 2.24) is 10.2 Å². The van der Waals surface area contributed by atoms with Crippen LogP contribution in [-0.2, 0) is 9.53 Å². The molecule has 1 fully saturated rings. The van der Waals surface area contributed by atoms with Crippen molar-refractivity contribution in [3.8, 4) is 0 Å². The molecular weight excluding hydrogens is 240 g/mol. The molecule has 1 atom stereocenters. The second-order valence-corrected chi connectivity index (χ2v) is 6.11. The predicted octanol–water partition coefficient (Wildman–Crippen LogP) is 1.57. The van der Waals surface area contributed by atoms with E-state index in [0.717, 1.165) is 45.6 Å². The molecule has 4 nitrogen and oxygen atoms in total. The van der Waals surface area contributed by atoms with Gasteiger partial charge in [-0.2, -0.15) is 0 Å². The largest absolute Gasteiger partial charge is 0.379 e. The van der Waals surface area contributed by atoms with E-state index in [1.165, 1.54) is 0 Å². The maximum Gasteiger partial charge on any atom is 0.223 e. The molecule has 0 saturated carbocycles. The quantitative estimate of drug-likeness (QED) is 0.785. The Kier molecular flexibility index (Phi) is 4.99. The fourth-order valence-electron chi connectivity index (χ4n) is 2.76. The van der Waals surface area contributed by atoms with E-state index in [-0.39, 0.29) is 17.4 Å². The first kappa shape index (κ1) is 14.5. The third-order valence-electron chi connectivity index (χ3n) is 4.20. The molecule has 0 radical (unpaired) electrons. The van der Waals surface area contributed by atoms with Crippen LogP contribution < -0.4 is 5.32 Å². The summed E-state index contributed by atoms with van der Waals surface area (Å²) in [7, 11) is 0. The minimum atomic E-state index is 0.00391. The van der Waals surface area contributed by atoms with Gasteiger partial charge in [0, 0.05) is 31.1 Å². The maximum atomic E-state index is 12.1. The van der Waals surface area contributed by atoms with E-state index >= 15 is 0 Å². The van der Waals surface area contributed by atoms with Crippen molar-refractivity contribution in [1.29, 1.82) is 0 Å². The first-order chi connectivity index (χ1) is 9.09. The molecule has 0 aromatic carbocycles. The van der Waals surface area contributed by atoms with Crippen LogP contribution in [0.15, 0.2) is 12.2 Å². The third-order valence-corrected chi connectivity index (χ3v) is 4.20. The molecule has 1 N–H and O–H groups in total. The van der Waals surface area contributed by atoms with Crippen molar-refractivity contribution >= 4 is 5.91 Å². The molecule has 4 heteroatoms. The van der Waals surface area contributed by atoms with Crippen LogP contribution in [0.5, 0.6) is 0 Å². The number of morpholine rings is 1. The van der Waals surface area contributed by atoms with E-state index in [2.05, 4.69) is 36.2 Å². The molecule has 0 unspecified atom stereocenters. The van der Waals surface area contributed by atoms with Crippen LogP contribution in [-0.4, -0.2) is 49.2 Å². The summed E-state index contributed by atoms with van der Waals surface area (Å²) in [5, 5.41) is 3.13. The zero-order valence-corrected chi connectivity index (χ0v) is 12.2. The van der Waals surface area contributed by atoms with E-state index in [4.69, 9.17) is 4.74 Å². The van der Waals surface area contributed by atoms with Crippen LogP contribution in [0.4, 0.5) is 0 Å². The van der Waals surface area contributed by atoms with E-state index in [1.54, 1.807) is 0 Å². The summed E-state index contributed by atoms with van der Waals surface area (Å²) < 4.78 is 5.38. The number of carbonyl (C=O) groups excluding carboxylic acids is 1.